The zero-order valence-electron chi connectivity index (χ0n) is 13.8. The minimum absolute atomic E-state index is 0.274. The Balaban J connectivity index is 1.79. The molecular formula is C20H17N3O2. The molecule has 0 aliphatic carbocycles. The van der Waals surface area contributed by atoms with Crippen molar-refractivity contribution in [2.45, 2.75) is 13.3 Å². The summed E-state index contributed by atoms with van der Waals surface area (Å²) in [4.78, 5) is 21.3. The molecule has 5 heteroatoms. The minimum atomic E-state index is -0.274. The minimum Gasteiger partial charge on any atom is -0.493 e. The number of aryl methyl sites for hydroxylation is 1. The maximum absolute atomic E-state index is 12.6. The van der Waals surface area contributed by atoms with Crippen molar-refractivity contribution >= 4 is 22.6 Å². The summed E-state index contributed by atoms with van der Waals surface area (Å²) in [7, 11) is 0. The summed E-state index contributed by atoms with van der Waals surface area (Å²) in [5.74, 6) is 2.90. The molecule has 0 saturated carbocycles. The first-order valence-electron chi connectivity index (χ1n) is 7.87. The molecule has 0 aliphatic rings. The zero-order valence-corrected chi connectivity index (χ0v) is 13.8. The number of pyridine rings is 2. The van der Waals surface area contributed by atoms with Crippen molar-refractivity contribution in [3.63, 3.8) is 0 Å². The number of carbonyl (C=O) groups is 1. The number of anilines is 1. The van der Waals surface area contributed by atoms with Crippen LogP contribution >= 0.6 is 0 Å². The molecule has 0 unspecified atom stereocenters. The molecule has 2 aromatic heterocycles. The molecule has 3 aromatic rings. The second-order valence-electron chi connectivity index (χ2n) is 5.48. The van der Waals surface area contributed by atoms with Crippen LogP contribution in [0.2, 0.25) is 0 Å². The molecule has 0 atom stereocenters. The van der Waals surface area contributed by atoms with E-state index < -0.39 is 0 Å². The normalized spacial score (nSPS) is 10.2. The van der Waals surface area contributed by atoms with Gasteiger partial charge in [0.2, 0.25) is 0 Å². The van der Waals surface area contributed by atoms with E-state index in [4.69, 9.17) is 11.2 Å². The molecule has 0 bridgehead atoms. The molecule has 1 aromatic carbocycles. The number of carbonyl (C=O) groups excluding carboxylic acids is 1. The monoisotopic (exact) mass is 331 g/mol. The summed E-state index contributed by atoms with van der Waals surface area (Å²) in [5, 5.41) is 2.85. The predicted molar refractivity (Wildman–Crippen MR) is 97.6 cm³/mol. The van der Waals surface area contributed by atoms with Crippen LogP contribution in [0.1, 0.15) is 22.5 Å². The third-order valence-electron chi connectivity index (χ3n) is 3.60. The van der Waals surface area contributed by atoms with E-state index >= 15 is 0 Å². The predicted octanol–water partition coefficient (Wildman–Crippen LogP) is 3.59. The van der Waals surface area contributed by atoms with Crippen molar-refractivity contribution in [1.29, 1.82) is 0 Å². The maximum atomic E-state index is 12.6. The van der Waals surface area contributed by atoms with Gasteiger partial charge in [0.15, 0.2) is 0 Å². The van der Waals surface area contributed by atoms with Gasteiger partial charge in [-0.05, 0) is 42.8 Å². The summed E-state index contributed by atoms with van der Waals surface area (Å²) in [5.41, 5.74) is 3.23. The summed E-state index contributed by atoms with van der Waals surface area (Å²) in [6.45, 7) is 2.28. The summed E-state index contributed by atoms with van der Waals surface area (Å²) in [6.07, 6.45) is 7.44. The van der Waals surface area contributed by atoms with Gasteiger partial charge < -0.3 is 10.1 Å². The Labute approximate surface area is 146 Å². The average molecular weight is 331 g/mol. The molecule has 3 rings (SSSR count). The Hall–Kier alpha value is -3.39. The number of benzene rings is 1. The van der Waals surface area contributed by atoms with Gasteiger partial charge in [-0.15, -0.1) is 12.3 Å². The van der Waals surface area contributed by atoms with E-state index in [-0.39, 0.29) is 5.91 Å². The van der Waals surface area contributed by atoms with Crippen LogP contribution in [-0.2, 0) is 0 Å². The number of nitrogens with one attached hydrogen (secondary N) is 1. The molecule has 0 saturated heterocycles. The number of amides is 1. The van der Waals surface area contributed by atoms with Crippen LogP contribution < -0.4 is 10.1 Å². The summed E-state index contributed by atoms with van der Waals surface area (Å²) >= 11 is 0. The lowest BCUT2D eigenvalue weighted by molar-refractivity contribution is 0.102. The Morgan fingerprint density at radius 2 is 2.12 bits per heavy atom. The smallest absolute Gasteiger partial charge is 0.274 e. The van der Waals surface area contributed by atoms with Crippen molar-refractivity contribution in [2.24, 2.45) is 0 Å². The first-order valence-corrected chi connectivity index (χ1v) is 7.87. The van der Waals surface area contributed by atoms with Gasteiger partial charge in [0, 0.05) is 24.4 Å². The fourth-order valence-electron chi connectivity index (χ4n) is 2.41. The molecule has 2 heterocycles. The van der Waals surface area contributed by atoms with E-state index in [0.29, 0.717) is 35.7 Å². The Morgan fingerprint density at radius 1 is 1.24 bits per heavy atom. The fourth-order valence-corrected chi connectivity index (χ4v) is 2.41. The second kappa shape index (κ2) is 7.45. The van der Waals surface area contributed by atoms with E-state index in [1.54, 1.807) is 24.4 Å². The van der Waals surface area contributed by atoms with Crippen LogP contribution in [0.5, 0.6) is 5.75 Å². The molecule has 0 aliphatic heterocycles. The molecule has 25 heavy (non-hydrogen) atoms. The van der Waals surface area contributed by atoms with Gasteiger partial charge in [0.05, 0.1) is 17.6 Å². The topological polar surface area (TPSA) is 64.1 Å². The Kier molecular flexibility index (Phi) is 4.91. The molecule has 0 fully saturated rings. The molecule has 1 N–H and O–H groups in total. The number of hydrogen-bond acceptors (Lipinski definition) is 4. The van der Waals surface area contributed by atoms with E-state index in [1.165, 1.54) is 0 Å². The third-order valence-corrected chi connectivity index (χ3v) is 3.60. The molecule has 1 amide bonds. The van der Waals surface area contributed by atoms with Crippen LogP contribution in [0, 0.1) is 19.3 Å². The number of rotatable bonds is 5. The molecular weight excluding hydrogens is 314 g/mol. The molecule has 124 valence electrons. The Bertz CT molecular complexity index is 961. The van der Waals surface area contributed by atoms with E-state index in [0.717, 1.165) is 11.1 Å². The number of hydrogen-bond donors (Lipinski definition) is 1. The lowest BCUT2D eigenvalue weighted by Gasteiger charge is -2.10. The lowest BCUT2D eigenvalue weighted by atomic mass is 10.1. The van der Waals surface area contributed by atoms with Gasteiger partial charge in [-0.1, -0.05) is 6.07 Å². The zero-order chi connectivity index (χ0) is 17.6. The van der Waals surface area contributed by atoms with Crippen molar-refractivity contribution in [2.75, 3.05) is 11.9 Å². The van der Waals surface area contributed by atoms with Gasteiger partial charge in [0.1, 0.15) is 11.4 Å². The van der Waals surface area contributed by atoms with E-state index in [1.807, 2.05) is 31.2 Å². The van der Waals surface area contributed by atoms with Crippen LogP contribution in [0.25, 0.3) is 11.0 Å². The largest absolute Gasteiger partial charge is 0.493 e. The number of aromatic nitrogens is 2. The van der Waals surface area contributed by atoms with Crippen molar-refractivity contribution in [1.82, 2.24) is 9.97 Å². The highest BCUT2D eigenvalue weighted by molar-refractivity contribution is 6.05. The van der Waals surface area contributed by atoms with Gasteiger partial charge in [-0.2, -0.15) is 0 Å². The average Bonchev–Trinajstić information content (AvgIpc) is 2.61. The first kappa shape index (κ1) is 16.5. The number of ether oxygens (including phenoxy) is 1. The van der Waals surface area contributed by atoms with Gasteiger partial charge >= 0.3 is 0 Å². The van der Waals surface area contributed by atoms with Crippen LogP contribution in [0.3, 0.4) is 0 Å². The maximum Gasteiger partial charge on any atom is 0.274 e. The van der Waals surface area contributed by atoms with Crippen LogP contribution in [0.15, 0.2) is 48.7 Å². The summed E-state index contributed by atoms with van der Waals surface area (Å²) < 4.78 is 5.54. The van der Waals surface area contributed by atoms with Crippen molar-refractivity contribution in [3.8, 4) is 18.1 Å². The van der Waals surface area contributed by atoms with Crippen molar-refractivity contribution < 1.29 is 9.53 Å². The van der Waals surface area contributed by atoms with Crippen molar-refractivity contribution in [3.05, 3.63) is 59.9 Å². The SMILES string of the molecule is C#CCCOc1cccc(NC(=O)c2nc3cccnc3cc2C)c1. The highest BCUT2D eigenvalue weighted by Gasteiger charge is 2.13. The van der Waals surface area contributed by atoms with E-state index in [2.05, 4.69) is 21.2 Å². The third kappa shape index (κ3) is 3.93. The number of fused-ring (bicyclic) bond motifs is 1. The quantitative estimate of drug-likeness (QED) is 0.573. The summed E-state index contributed by atoms with van der Waals surface area (Å²) in [6, 6.07) is 12.7. The van der Waals surface area contributed by atoms with Gasteiger partial charge in [-0.25, -0.2) is 4.98 Å². The number of nitrogens with zero attached hydrogens (tertiary/aromatic N) is 2. The molecule has 0 radical (unpaired) electrons. The van der Waals surface area contributed by atoms with Crippen LogP contribution in [-0.4, -0.2) is 22.5 Å². The highest BCUT2D eigenvalue weighted by atomic mass is 16.5. The van der Waals surface area contributed by atoms with Crippen LogP contribution in [0.4, 0.5) is 5.69 Å². The molecule has 5 nitrogen and oxygen atoms in total. The number of terminal acetylenes is 1. The highest BCUT2D eigenvalue weighted by Crippen LogP contribution is 2.20. The van der Waals surface area contributed by atoms with Gasteiger partial charge in [0.25, 0.3) is 5.91 Å². The fraction of sp³-hybridized carbons (Fsp3) is 0.150. The molecule has 0 spiro atoms. The van der Waals surface area contributed by atoms with Gasteiger partial charge in [-0.3, -0.25) is 9.78 Å². The Morgan fingerprint density at radius 3 is 2.96 bits per heavy atom. The first-order chi connectivity index (χ1) is 12.2. The second-order valence-corrected chi connectivity index (χ2v) is 5.48. The standard InChI is InChI=1S/C20H17N3O2/c1-3-4-11-25-16-8-5-7-15(13-16)22-20(24)19-14(2)12-18-17(23-19)9-6-10-21-18/h1,5-10,12-13H,4,11H2,2H3,(H,22,24). The lowest BCUT2D eigenvalue weighted by Crippen LogP contribution is -2.15. The van der Waals surface area contributed by atoms with E-state index in [9.17, 15) is 4.79 Å².